The minimum absolute atomic E-state index is 0.342. The van der Waals surface area contributed by atoms with Gasteiger partial charge in [0, 0.05) is 4.88 Å². The van der Waals surface area contributed by atoms with E-state index in [1.807, 2.05) is 6.08 Å². The molecule has 2 aliphatic carbocycles. The number of thiophene rings is 1. The van der Waals surface area contributed by atoms with Gasteiger partial charge in [-0.15, -0.1) is 11.3 Å². The lowest BCUT2D eigenvalue weighted by Crippen LogP contribution is -2.35. The molecule has 25 heavy (non-hydrogen) atoms. The maximum atomic E-state index is 12.7. The fourth-order valence-electron chi connectivity index (χ4n) is 3.68. The molecule has 3 rings (SSSR count). The maximum absolute atomic E-state index is 12.7. The van der Waals surface area contributed by atoms with E-state index in [0.29, 0.717) is 29.3 Å². The van der Waals surface area contributed by atoms with Gasteiger partial charge in [-0.25, -0.2) is 0 Å². The topological polar surface area (TPSA) is 109 Å². The van der Waals surface area contributed by atoms with Crippen LogP contribution in [0, 0.1) is 17.8 Å². The summed E-state index contributed by atoms with van der Waals surface area (Å²) in [4.78, 5) is 37.1. The van der Waals surface area contributed by atoms with Crippen LogP contribution in [0.5, 0.6) is 0 Å². The molecule has 1 aromatic rings. The number of carboxylic acid groups (broad SMARTS) is 1. The van der Waals surface area contributed by atoms with Crippen LogP contribution in [0.2, 0.25) is 0 Å². The van der Waals surface area contributed by atoms with E-state index in [1.54, 1.807) is 6.08 Å². The highest BCUT2D eigenvalue weighted by Crippen LogP contribution is 2.40. The lowest BCUT2D eigenvalue weighted by molar-refractivity contribution is -0.146. The molecule has 0 radical (unpaired) electrons. The third kappa shape index (κ3) is 3.46. The third-order valence-electron chi connectivity index (χ3n) is 5.08. The van der Waals surface area contributed by atoms with Crippen molar-refractivity contribution in [3.05, 3.63) is 28.2 Å². The smallest absolute Gasteiger partial charge is 0.307 e. The highest BCUT2D eigenvalue weighted by molar-refractivity contribution is 7.17. The van der Waals surface area contributed by atoms with Gasteiger partial charge in [-0.3, -0.25) is 14.4 Å². The zero-order valence-electron chi connectivity index (χ0n) is 14.1. The number of fused-ring (bicyclic) bond motifs is 1. The van der Waals surface area contributed by atoms with Gasteiger partial charge in [-0.05, 0) is 43.6 Å². The lowest BCUT2D eigenvalue weighted by Gasteiger charge is -2.24. The molecular weight excluding hydrogens is 340 g/mol. The van der Waals surface area contributed by atoms with Gasteiger partial charge < -0.3 is 16.2 Å². The van der Waals surface area contributed by atoms with E-state index < -0.39 is 23.7 Å². The van der Waals surface area contributed by atoms with Crippen molar-refractivity contribution >= 4 is 34.1 Å². The van der Waals surface area contributed by atoms with Crippen molar-refractivity contribution in [2.24, 2.45) is 23.5 Å². The Kier molecular flexibility index (Phi) is 4.94. The number of allylic oxidation sites excluding steroid dienone is 2. The second-order valence-electron chi connectivity index (χ2n) is 6.90. The molecule has 2 amide bonds. The van der Waals surface area contributed by atoms with Crippen LogP contribution >= 0.6 is 11.3 Å². The van der Waals surface area contributed by atoms with Crippen molar-refractivity contribution < 1.29 is 19.5 Å². The Morgan fingerprint density at radius 1 is 1.24 bits per heavy atom. The quantitative estimate of drug-likeness (QED) is 0.715. The number of anilines is 1. The number of nitrogens with one attached hydrogen (secondary N) is 1. The summed E-state index contributed by atoms with van der Waals surface area (Å²) in [5.41, 5.74) is 6.91. The minimum atomic E-state index is -0.973. The largest absolute Gasteiger partial charge is 0.481 e. The Bertz CT molecular complexity index is 753. The van der Waals surface area contributed by atoms with E-state index in [0.717, 1.165) is 29.7 Å². The average Bonchev–Trinajstić information content (AvgIpc) is 2.91. The van der Waals surface area contributed by atoms with Crippen LogP contribution in [0.4, 0.5) is 5.00 Å². The summed E-state index contributed by atoms with van der Waals surface area (Å²) < 4.78 is 0. The number of amides is 2. The molecule has 0 saturated carbocycles. The molecule has 0 fully saturated rings. The van der Waals surface area contributed by atoms with E-state index in [1.165, 1.54) is 11.3 Å². The van der Waals surface area contributed by atoms with Crippen molar-refractivity contribution in [1.29, 1.82) is 0 Å². The molecule has 0 aliphatic heterocycles. The molecule has 4 N–H and O–H groups in total. The van der Waals surface area contributed by atoms with E-state index in [4.69, 9.17) is 5.73 Å². The predicted octanol–water partition coefficient (Wildman–Crippen LogP) is 2.58. The number of hydrogen-bond acceptors (Lipinski definition) is 4. The van der Waals surface area contributed by atoms with Crippen LogP contribution in [0.25, 0.3) is 0 Å². The molecule has 3 atom stereocenters. The summed E-state index contributed by atoms with van der Waals surface area (Å²) in [6.07, 6.45) is 7.00. The summed E-state index contributed by atoms with van der Waals surface area (Å²) in [5, 5.41) is 12.6. The van der Waals surface area contributed by atoms with Gasteiger partial charge in [-0.1, -0.05) is 19.1 Å². The summed E-state index contributed by atoms with van der Waals surface area (Å²) in [6, 6.07) is 0. The second-order valence-corrected chi connectivity index (χ2v) is 8.01. The van der Waals surface area contributed by atoms with Gasteiger partial charge in [0.05, 0.1) is 17.4 Å². The number of carbonyl (C=O) groups is 3. The van der Waals surface area contributed by atoms with Crippen molar-refractivity contribution in [2.75, 3.05) is 5.32 Å². The van der Waals surface area contributed by atoms with Gasteiger partial charge in [0.15, 0.2) is 0 Å². The Morgan fingerprint density at radius 3 is 2.56 bits per heavy atom. The molecule has 6 nitrogen and oxygen atoms in total. The molecule has 1 aromatic heterocycles. The first-order valence-corrected chi connectivity index (χ1v) is 9.33. The summed E-state index contributed by atoms with van der Waals surface area (Å²) in [6.45, 7) is 2.16. The Hall–Kier alpha value is -2.15. The fourth-order valence-corrected chi connectivity index (χ4v) is 5.10. The number of carboxylic acids is 1. The normalized spacial score (nSPS) is 25.2. The van der Waals surface area contributed by atoms with Crippen LogP contribution in [-0.4, -0.2) is 22.9 Å². The van der Waals surface area contributed by atoms with Crippen LogP contribution in [0.15, 0.2) is 12.2 Å². The molecule has 1 heterocycles. The Labute approximate surface area is 150 Å². The van der Waals surface area contributed by atoms with Crippen molar-refractivity contribution in [3.8, 4) is 0 Å². The highest BCUT2D eigenvalue weighted by atomic mass is 32.1. The lowest BCUT2D eigenvalue weighted by atomic mass is 9.82. The number of primary amides is 1. The summed E-state index contributed by atoms with van der Waals surface area (Å²) in [7, 11) is 0. The fraction of sp³-hybridized carbons (Fsp3) is 0.500. The number of nitrogens with two attached hydrogens (primary N) is 1. The molecule has 0 unspecified atom stereocenters. The van der Waals surface area contributed by atoms with Gasteiger partial charge in [0.2, 0.25) is 5.91 Å². The molecule has 0 saturated heterocycles. The first-order valence-electron chi connectivity index (χ1n) is 8.51. The number of carbonyl (C=O) groups excluding carboxylic acids is 2. The first-order chi connectivity index (χ1) is 11.9. The molecule has 0 aromatic carbocycles. The van der Waals surface area contributed by atoms with Crippen molar-refractivity contribution in [1.82, 2.24) is 0 Å². The van der Waals surface area contributed by atoms with Gasteiger partial charge >= 0.3 is 5.97 Å². The Balaban J connectivity index is 1.87. The first kappa shape index (κ1) is 17.7. The van der Waals surface area contributed by atoms with Crippen LogP contribution in [-0.2, 0) is 22.4 Å². The SMILES string of the molecule is C[C@@H]1CCc2c(sc(NC(=O)[C@H]3CC=CC[C@@H]3C(=O)O)c2C(N)=O)C1. The van der Waals surface area contributed by atoms with E-state index in [-0.39, 0.29) is 5.91 Å². The second kappa shape index (κ2) is 7.00. The number of hydrogen-bond donors (Lipinski definition) is 3. The standard InChI is InChI=1S/C18H22N2O4S/c1-9-6-7-12-13(8-9)25-17(14(12)15(19)21)20-16(22)10-4-2-3-5-11(10)18(23)24/h2-3,9-11H,4-8H2,1H3,(H2,19,21)(H,20,22)(H,23,24)/t9-,10+,11+/m1/s1. The van der Waals surface area contributed by atoms with Crippen LogP contribution in [0.1, 0.15) is 47.0 Å². The monoisotopic (exact) mass is 362 g/mol. The van der Waals surface area contributed by atoms with Crippen LogP contribution < -0.4 is 11.1 Å². The van der Waals surface area contributed by atoms with Gasteiger partial charge in [0.25, 0.3) is 5.91 Å². The van der Waals surface area contributed by atoms with E-state index in [9.17, 15) is 19.5 Å². The average molecular weight is 362 g/mol. The third-order valence-corrected chi connectivity index (χ3v) is 6.25. The van der Waals surface area contributed by atoms with Crippen molar-refractivity contribution in [3.63, 3.8) is 0 Å². The minimum Gasteiger partial charge on any atom is -0.481 e. The van der Waals surface area contributed by atoms with Crippen LogP contribution in [0.3, 0.4) is 0 Å². The number of rotatable bonds is 4. The molecule has 7 heteroatoms. The van der Waals surface area contributed by atoms with Crippen molar-refractivity contribution in [2.45, 2.75) is 39.0 Å². The Morgan fingerprint density at radius 2 is 1.92 bits per heavy atom. The molecule has 134 valence electrons. The summed E-state index contributed by atoms with van der Waals surface area (Å²) >= 11 is 1.40. The van der Waals surface area contributed by atoms with E-state index in [2.05, 4.69) is 12.2 Å². The predicted molar refractivity (Wildman–Crippen MR) is 95.6 cm³/mol. The van der Waals surface area contributed by atoms with Gasteiger partial charge in [0.1, 0.15) is 5.00 Å². The highest BCUT2D eigenvalue weighted by Gasteiger charge is 2.35. The molecule has 0 spiro atoms. The molecule has 2 aliphatic rings. The van der Waals surface area contributed by atoms with Gasteiger partial charge in [-0.2, -0.15) is 0 Å². The number of aliphatic carboxylic acids is 1. The van der Waals surface area contributed by atoms with E-state index >= 15 is 0 Å². The summed E-state index contributed by atoms with van der Waals surface area (Å²) in [5.74, 6) is -2.71. The zero-order valence-corrected chi connectivity index (χ0v) is 14.9. The maximum Gasteiger partial charge on any atom is 0.307 e. The molecule has 0 bridgehead atoms. The zero-order chi connectivity index (χ0) is 18.1. The molecular formula is C18H22N2O4S.